The Morgan fingerprint density at radius 1 is 1.40 bits per heavy atom. The number of carbonyl (C=O) groups is 2. The molecular weight excluding hydrogens is 280 g/mol. The van der Waals surface area contributed by atoms with Crippen molar-refractivity contribution in [3.05, 3.63) is 5.82 Å². The van der Waals surface area contributed by atoms with E-state index in [0.29, 0.717) is 30.7 Å². The first kappa shape index (κ1) is 12.1. The van der Waals surface area contributed by atoms with E-state index in [-0.39, 0.29) is 23.8 Å². The Balaban J connectivity index is 1.39. The monoisotopic (exact) mass is 294 g/mol. The van der Waals surface area contributed by atoms with Crippen LogP contribution < -0.4 is 5.32 Å². The van der Waals surface area contributed by atoms with Gasteiger partial charge in [-0.15, -0.1) is 0 Å². The molecule has 1 aromatic heterocycles. The van der Waals surface area contributed by atoms with Crippen molar-refractivity contribution in [2.45, 2.75) is 18.8 Å². The lowest BCUT2D eigenvalue weighted by Crippen LogP contribution is -2.34. The molecule has 106 valence electrons. The second-order valence-electron chi connectivity index (χ2n) is 5.56. The Labute approximate surface area is 119 Å². The van der Waals surface area contributed by atoms with Crippen molar-refractivity contribution in [3.63, 3.8) is 0 Å². The van der Waals surface area contributed by atoms with Crippen LogP contribution in [0, 0.1) is 11.8 Å². The van der Waals surface area contributed by atoms with E-state index in [9.17, 15) is 9.59 Å². The summed E-state index contributed by atoms with van der Waals surface area (Å²) in [6.45, 7) is 1.43. The zero-order valence-corrected chi connectivity index (χ0v) is 11.6. The van der Waals surface area contributed by atoms with Crippen LogP contribution in [0.2, 0.25) is 0 Å². The molecule has 0 aromatic carbocycles. The smallest absolute Gasteiger partial charge is 0.323 e. The predicted octanol–water partition coefficient (Wildman–Crippen LogP) is 1.05. The van der Waals surface area contributed by atoms with Crippen LogP contribution in [-0.2, 0) is 9.53 Å². The number of esters is 1. The van der Waals surface area contributed by atoms with Gasteiger partial charge in [0.2, 0.25) is 5.13 Å². The number of carbonyl (C=O) groups excluding carboxylic acids is 2. The van der Waals surface area contributed by atoms with Crippen LogP contribution in [0.3, 0.4) is 0 Å². The maximum atomic E-state index is 12.1. The Bertz CT molecular complexity index is 571. The number of fused-ring (bicyclic) bond motifs is 1. The number of nitrogens with one attached hydrogen (secondary N) is 1. The van der Waals surface area contributed by atoms with Crippen LogP contribution in [0.5, 0.6) is 0 Å². The summed E-state index contributed by atoms with van der Waals surface area (Å²) in [6, 6.07) is -0.203. The molecule has 4 rings (SSSR count). The molecule has 1 saturated carbocycles. The van der Waals surface area contributed by atoms with Gasteiger partial charge in [-0.2, -0.15) is 4.37 Å². The molecule has 2 amide bonds. The molecule has 0 spiro atoms. The Kier molecular flexibility index (Phi) is 2.66. The standard InChI is InChI=1S/C12H14N4O3S/c17-10-8-4-16(3-7(8)5-19-10)12(18)14-11-13-9(15-20-11)6-1-2-6/h6-8H,1-5H2,(H,13,14,15,18)/t7-,8-/m1/s1. The number of hydrogen-bond donors (Lipinski definition) is 1. The Morgan fingerprint density at radius 2 is 2.25 bits per heavy atom. The van der Waals surface area contributed by atoms with Gasteiger partial charge in [0.1, 0.15) is 5.82 Å². The third-order valence-electron chi connectivity index (χ3n) is 4.07. The van der Waals surface area contributed by atoms with Crippen molar-refractivity contribution in [2.75, 3.05) is 25.0 Å². The van der Waals surface area contributed by atoms with Gasteiger partial charge in [-0.25, -0.2) is 9.78 Å². The predicted molar refractivity (Wildman–Crippen MR) is 70.4 cm³/mol. The molecule has 2 atom stereocenters. The summed E-state index contributed by atoms with van der Waals surface area (Å²) in [5.41, 5.74) is 0. The van der Waals surface area contributed by atoms with Gasteiger partial charge >= 0.3 is 12.0 Å². The van der Waals surface area contributed by atoms with Crippen LogP contribution in [-0.4, -0.2) is 46.0 Å². The zero-order chi connectivity index (χ0) is 13.7. The van der Waals surface area contributed by atoms with Gasteiger partial charge in [-0.3, -0.25) is 10.1 Å². The van der Waals surface area contributed by atoms with E-state index < -0.39 is 0 Å². The normalized spacial score (nSPS) is 28.4. The third-order valence-corrected chi connectivity index (χ3v) is 4.71. The average Bonchev–Trinajstić information content (AvgIpc) is 2.88. The molecule has 0 radical (unpaired) electrons. The number of cyclic esters (lactones) is 1. The number of hydrogen-bond acceptors (Lipinski definition) is 6. The quantitative estimate of drug-likeness (QED) is 0.824. The first-order chi connectivity index (χ1) is 9.70. The lowest BCUT2D eigenvalue weighted by Gasteiger charge is -2.16. The fraction of sp³-hybridized carbons (Fsp3) is 0.667. The van der Waals surface area contributed by atoms with E-state index in [0.717, 1.165) is 18.7 Å². The highest BCUT2D eigenvalue weighted by Gasteiger charge is 2.45. The SMILES string of the molecule is O=C1OC[C@H]2CN(C(=O)Nc3nc(C4CC4)ns3)C[C@@H]12. The maximum Gasteiger partial charge on any atom is 0.323 e. The van der Waals surface area contributed by atoms with Crippen molar-refractivity contribution in [1.82, 2.24) is 14.3 Å². The second-order valence-corrected chi connectivity index (χ2v) is 6.32. The minimum atomic E-state index is -0.203. The number of anilines is 1. The summed E-state index contributed by atoms with van der Waals surface area (Å²) in [5, 5.41) is 3.31. The summed E-state index contributed by atoms with van der Waals surface area (Å²) < 4.78 is 9.24. The highest BCUT2D eigenvalue weighted by atomic mass is 32.1. The van der Waals surface area contributed by atoms with Gasteiger partial charge in [-0.1, -0.05) is 0 Å². The number of nitrogens with zero attached hydrogens (tertiary/aromatic N) is 3. The summed E-state index contributed by atoms with van der Waals surface area (Å²) in [6.07, 6.45) is 2.28. The van der Waals surface area contributed by atoms with Crippen molar-refractivity contribution in [3.8, 4) is 0 Å². The molecule has 3 heterocycles. The Morgan fingerprint density at radius 3 is 3.00 bits per heavy atom. The number of likely N-dealkylation sites (tertiary alicyclic amines) is 1. The van der Waals surface area contributed by atoms with E-state index in [2.05, 4.69) is 14.7 Å². The second kappa shape index (κ2) is 4.41. The summed E-state index contributed by atoms with van der Waals surface area (Å²) in [7, 11) is 0. The molecule has 2 aliphatic heterocycles. The summed E-state index contributed by atoms with van der Waals surface area (Å²) >= 11 is 1.22. The highest BCUT2D eigenvalue weighted by Crippen LogP contribution is 2.39. The van der Waals surface area contributed by atoms with Gasteiger partial charge in [-0.05, 0) is 12.8 Å². The number of urea groups is 1. The van der Waals surface area contributed by atoms with Crippen molar-refractivity contribution in [2.24, 2.45) is 11.8 Å². The molecule has 1 aliphatic carbocycles. The van der Waals surface area contributed by atoms with E-state index in [1.54, 1.807) is 4.90 Å². The minimum absolute atomic E-state index is 0.143. The van der Waals surface area contributed by atoms with Crippen LogP contribution in [0.25, 0.3) is 0 Å². The van der Waals surface area contributed by atoms with Gasteiger partial charge in [0.05, 0.1) is 12.5 Å². The number of ether oxygens (including phenoxy) is 1. The number of rotatable bonds is 2. The van der Waals surface area contributed by atoms with Crippen LogP contribution in [0.4, 0.5) is 9.93 Å². The largest absolute Gasteiger partial charge is 0.465 e. The average molecular weight is 294 g/mol. The molecule has 2 saturated heterocycles. The van der Waals surface area contributed by atoms with Gasteiger partial charge in [0.25, 0.3) is 0 Å². The lowest BCUT2D eigenvalue weighted by molar-refractivity contribution is -0.141. The van der Waals surface area contributed by atoms with E-state index in [1.165, 1.54) is 11.5 Å². The molecule has 3 aliphatic rings. The number of amides is 2. The molecule has 1 N–H and O–H groups in total. The minimum Gasteiger partial charge on any atom is -0.465 e. The lowest BCUT2D eigenvalue weighted by atomic mass is 10.0. The van der Waals surface area contributed by atoms with Crippen LogP contribution in [0.15, 0.2) is 0 Å². The Hall–Kier alpha value is -1.70. The molecule has 7 nitrogen and oxygen atoms in total. The maximum absolute atomic E-state index is 12.1. The molecule has 1 aromatic rings. The zero-order valence-electron chi connectivity index (χ0n) is 10.7. The van der Waals surface area contributed by atoms with E-state index in [4.69, 9.17) is 4.74 Å². The number of aromatic nitrogens is 2. The summed E-state index contributed by atoms with van der Waals surface area (Å²) in [4.78, 5) is 29.6. The van der Waals surface area contributed by atoms with Crippen LogP contribution >= 0.6 is 11.5 Å². The fourth-order valence-electron chi connectivity index (χ4n) is 2.73. The van der Waals surface area contributed by atoms with Gasteiger partial charge < -0.3 is 9.64 Å². The first-order valence-corrected chi connectivity index (χ1v) is 7.54. The van der Waals surface area contributed by atoms with Crippen molar-refractivity contribution >= 4 is 28.7 Å². The highest BCUT2D eigenvalue weighted by molar-refractivity contribution is 7.09. The summed E-state index contributed by atoms with van der Waals surface area (Å²) in [5.74, 6) is 1.13. The van der Waals surface area contributed by atoms with Crippen LogP contribution in [0.1, 0.15) is 24.6 Å². The molecule has 0 unspecified atom stereocenters. The van der Waals surface area contributed by atoms with E-state index >= 15 is 0 Å². The van der Waals surface area contributed by atoms with Crippen molar-refractivity contribution < 1.29 is 14.3 Å². The topological polar surface area (TPSA) is 84.4 Å². The first-order valence-electron chi connectivity index (χ1n) is 6.77. The fourth-order valence-corrected chi connectivity index (χ4v) is 3.37. The molecule has 3 fully saturated rings. The molecule has 0 bridgehead atoms. The molecular formula is C12H14N4O3S. The van der Waals surface area contributed by atoms with Gasteiger partial charge in [0, 0.05) is 36.5 Å². The molecule has 20 heavy (non-hydrogen) atoms. The molecule has 8 heteroatoms. The van der Waals surface area contributed by atoms with Gasteiger partial charge in [0.15, 0.2) is 0 Å². The third kappa shape index (κ3) is 2.04. The van der Waals surface area contributed by atoms with Crippen molar-refractivity contribution in [1.29, 1.82) is 0 Å². The van der Waals surface area contributed by atoms with E-state index in [1.807, 2.05) is 0 Å².